The standard InChI is InChI=1S/C16H26N4O.3ClH/c1-3-19-7-9-20(10-8-19)13(2)12-18-16(21)14-5-4-6-15(17)11-14;;;/h4-6,11,13H,3,7-10,12,17H2,1-2H3,(H,18,21);3*1H. The summed E-state index contributed by atoms with van der Waals surface area (Å²) < 4.78 is 0. The summed E-state index contributed by atoms with van der Waals surface area (Å²) in [6.07, 6.45) is 0. The third-order valence-electron chi connectivity index (χ3n) is 4.18. The van der Waals surface area contributed by atoms with Crippen LogP contribution in [0.1, 0.15) is 24.2 Å². The molecule has 0 spiro atoms. The molecule has 5 nitrogen and oxygen atoms in total. The Hall–Kier alpha value is -0.720. The molecule has 0 saturated carbocycles. The Balaban J connectivity index is 0. The fraction of sp³-hybridized carbons (Fsp3) is 0.562. The quantitative estimate of drug-likeness (QED) is 0.746. The number of piperazine rings is 1. The summed E-state index contributed by atoms with van der Waals surface area (Å²) in [7, 11) is 0. The van der Waals surface area contributed by atoms with Gasteiger partial charge in [0.1, 0.15) is 0 Å². The van der Waals surface area contributed by atoms with Gasteiger partial charge in [0, 0.05) is 50.0 Å². The number of anilines is 1. The van der Waals surface area contributed by atoms with Crippen LogP contribution in [-0.2, 0) is 0 Å². The lowest BCUT2D eigenvalue weighted by molar-refractivity contribution is 0.0883. The normalized spacial score (nSPS) is 16.1. The zero-order chi connectivity index (χ0) is 15.2. The highest BCUT2D eigenvalue weighted by Crippen LogP contribution is 2.08. The van der Waals surface area contributed by atoms with Gasteiger partial charge >= 0.3 is 0 Å². The summed E-state index contributed by atoms with van der Waals surface area (Å²) in [5.74, 6) is -0.0543. The Bertz CT molecular complexity index is 482. The molecule has 1 heterocycles. The lowest BCUT2D eigenvalue weighted by Crippen LogP contribution is -2.52. The van der Waals surface area contributed by atoms with Crippen LogP contribution in [0.3, 0.4) is 0 Å². The predicted octanol–water partition coefficient (Wildman–Crippen LogP) is 2.29. The fourth-order valence-electron chi connectivity index (χ4n) is 2.67. The highest BCUT2D eigenvalue weighted by atomic mass is 35.5. The van der Waals surface area contributed by atoms with Gasteiger partial charge in [0.05, 0.1) is 0 Å². The Kier molecular flexibility index (Phi) is 13.4. The molecule has 0 radical (unpaired) electrons. The summed E-state index contributed by atoms with van der Waals surface area (Å²) >= 11 is 0. The summed E-state index contributed by atoms with van der Waals surface area (Å²) in [5.41, 5.74) is 6.94. The highest BCUT2D eigenvalue weighted by Gasteiger charge is 2.20. The first-order valence-corrected chi connectivity index (χ1v) is 7.70. The maximum atomic E-state index is 12.1. The molecule has 1 fully saturated rings. The number of nitrogen functional groups attached to an aromatic ring is 1. The van der Waals surface area contributed by atoms with Crippen LogP contribution in [0, 0.1) is 0 Å². The van der Waals surface area contributed by atoms with Crippen molar-refractivity contribution in [2.75, 3.05) is 45.0 Å². The molecular formula is C16H29Cl3N4O. The average molecular weight is 400 g/mol. The van der Waals surface area contributed by atoms with Gasteiger partial charge in [-0.2, -0.15) is 0 Å². The maximum absolute atomic E-state index is 12.1. The van der Waals surface area contributed by atoms with Crippen LogP contribution in [-0.4, -0.2) is 61.0 Å². The van der Waals surface area contributed by atoms with Crippen LogP contribution in [0.25, 0.3) is 0 Å². The van der Waals surface area contributed by atoms with Crippen molar-refractivity contribution in [1.29, 1.82) is 0 Å². The van der Waals surface area contributed by atoms with Gasteiger partial charge in [-0.1, -0.05) is 13.0 Å². The lowest BCUT2D eigenvalue weighted by atomic mass is 10.2. The highest BCUT2D eigenvalue weighted by molar-refractivity contribution is 5.95. The van der Waals surface area contributed by atoms with Crippen molar-refractivity contribution in [1.82, 2.24) is 15.1 Å². The topological polar surface area (TPSA) is 61.6 Å². The molecule has 24 heavy (non-hydrogen) atoms. The third kappa shape index (κ3) is 7.45. The van der Waals surface area contributed by atoms with E-state index in [2.05, 4.69) is 29.0 Å². The molecule has 1 saturated heterocycles. The molecule has 0 aliphatic carbocycles. The summed E-state index contributed by atoms with van der Waals surface area (Å²) in [6.45, 7) is 10.5. The Morgan fingerprint density at radius 2 is 1.83 bits per heavy atom. The van der Waals surface area contributed by atoms with Crippen molar-refractivity contribution in [2.24, 2.45) is 0 Å². The molecule has 1 amide bonds. The van der Waals surface area contributed by atoms with Gasteiger partial charge < -0.3 is 16.0 Å². The van der Waals surface area contributed by atoms with Crippen LogP contribution in [0.5, 0.6) is 0 Å². The predicted molar refractivity (Wildman–Crippen MR) is 108 cm³/mol. The second kappa shape index (κ2) is 12.6. The smallest absolute Gasteiger partial charge is 0.251 e. The number of carbonyl (C=O) groups is 1. The molecule has 3 N–H and O–H groups in total. The number of likely N-dealkylation sites (N-methyl/N-ethyl adjacent to an activating group) is 1. The lowest BCUT2D eigenvalue weighted by Gasteiger charge is -2.37. The van der Waals surface area contributed by atoms with E-state index in [1.165, 1.54) is 0 Å². The van der Waals surface area contributed by atoms with Crippen molar-refractivity contribution >= 4 is 48.8 Å². The summed E-state index contributed by atoms with van der Waals surface area (Å²) in [4.78, 5) is 17.0. The molecule has 1 aliphatic rings. The van der Waals surface area contributed by atoms with E-state index >= 15 is 0 Å². The number of amides is 1. The molecule has 0 aromatic heterocycles. The van der Waals surface area contributed by atoms with Crippen molar-refractivity contribution < 1.29 is 4.79 Å². The average Bonchev–Trinajstić information content (AvgIpc) is 2.52. The Morgan fingerprint density at radius 1 is 1.21 bits per heavy atom. The first-order valence-electron chi connectivity index (χ1n) is 7.70. The van der Waals surface area contributed by atoms with E-state index in [-0.39, 0.29) is 43.1 Å². The first-order chi connectivity index (χ1) is 10.1. The van der Waals surface area contributed by atoms with E-state index in [0.717, 1.165) is 32.7 Å². The van der Waals surface area contributed by atoms with Gasteiger partial charge in [0.25, 0.3) is 5.91 Å². The largest absolute Gasteiger partial charge is 0.399 e. The zero-order valence-electron chi connectivity index (χ0n) is 14.2. The van der Waals surface area contributed by atoms with E-state index in [9.17, 15) is 4.79 Å². The van der Waals surface area contributed by atoms with Gasteiger partial charge in [-0.25, -0.2) is 0 Å². The van der Waals surface area contributed by atoms with E-state index < -0.39 is 0 Å². The van der Waals surface area contributed by atoms with Crippen molar-refractivity contribution in [3.8, 4) is 0 Å². The minimum atomic E-state index is -0.0543. The summed E-state index contributed by atoms with van der Waals surface area (Å²) in [6, 6.07) is 7.44. The molecule has 1 unspecified atom stereocenters. The Labute approximate surface area is 163 Å². The number of hydrogen-bond donors (Lipinski definition) is 2. The van der Waals surface area contributed by atoms with E-state index in [1.807, 2.05) is 0 Å². The minimum absolute atomic E-state index is 0. The number of carbonyl (C=O) groups excluding carboxylic acids is 1. The van der Waals surface area contributed by atoms with Gasteiger partial charge in [-0.05, 0) is 31.7 Å². The van der Waals surface area contributed by atoms with Gasteiger partial charge in [0.15, 0.2) is 0 Å². The third-order valence-corrected chi connectivity index (χ3v) is 4.18. The molecule has 1 aromatic rings. The number of rotatable bonds is 5. The molecule has 140 valence electrons. The molecule has 1 atom stereocenters. The number of nitrogens with zero attached hydrogens (tertiary/aromatic N) is 2. The van der Waals surface area contributed by atoms with E-state index in [4.69, 9.17) is 5.73 Å². The number of halogens is 3. The molecule has 1 aliphatic heterocycles. The summed E-state index contributed by atoms with van der Waals surface area (Å²) in [5, 5.41) is 3.00. The van der Waals surface area contributed by atoms with E-state index in [0.29, 0.717) is 23.8 Å². The number of nitrogens with two attached hydrogens (primary N) is 1. The van der Waals surface area contributed by atoms with Crippen LogP contribution in [0.2, 0.25) is 0 Å². The molecule has 8 heteroatoms. The number of nitrogens with one attached hydrogen (secondary N) is 1. The van der Waals surface area contributed by atoms with Gasteiger partial charge in [-0.15, -0.1) is 37.2 Å². The monoisotopic (exact) mass is 398 g/mol. The van der Waals surface area contributed by atoms with Crippen LogP contribution >= 0.6 is 37.2 Å². The van der Waals surface area contributed by atoms with Crippen molar-refractivity contribution in [3.05, 3.63) is 29.8 Å². The molecule has 0 bridgehead atoms. The molecular weight excluding hydrogens is 371 g/mol. The first kappa shape index (κ1) is 25.5. The van der Waals surface area contributed by atoms with Crippen molar-refractivity contribution in [3.63, 3.8) is 0 Å². The van der Waals surface area contributed by atoms with Crippen LogP contribution < -0.4 is 11.1 Å². The van der Waals surface area contributed by atoms with Crippen molar-refractivity contribution in [2.45, 2.75) is 19.9 Å². The second-order valence-corrected chi connectivity index (χ2v) is 5.65. The second-order valence-electron chi connectivity index (χ2n) is 5.65. The van der Waals surface area contributed by atoms with E-state index in [1.54, 1.807) is 24.3 Å². The SMILES string of the molecule is CCN1CCN(C(C)CNC(=O)c2cccc(N)c2)CC1.Cl.Cl.Cl. The fourth-order valence-corrected chi connectivity index (χ4v) is 2.67. The maximum Gasteiger partial charge on any atom is 0.251 e. The molecule has 2 rings (SSSR count). The number of benzene rings is 1. The Morgan fingerprint density at radius 3 is 2.38 bits per heavy atom. The van der Waals surface area contributed by atoms with Gasteiger partial charge in [-0.3, -0.25) is 9.69 Å². The van der Waals surface area contributed by atoms with Gasteiger partial charge in [0.2, 0.25) is 0 Å². The van der Waals surface area contributed by atoms with Crippen LogP contribution in [0.15, 0.2) is 24.3 Å². The zero-order valence-corrected chi connectivity index (χ0v) is 16.7. The minimum Gasteiger partial charge on any atom is -0.399 e. The molecule has 1 aromatic carbocycles. The van der Waals surface area contributed by atoms with Crippen LogP contribution in [0.4, 0.5) is 5.69 Å². The number of hydrogen-bond acceptors (Lipinski definition) is 4.